The van der Waals surface area contributed by atoms with Crippen molar-refractivity contribution in [2.75, 3.05) is 0 Å². The number of hydrogen-bond donors (Lipinski definition) is 0. The number of fused-ring (bicyclic) bond motifs is 1. The molecule has 0 bridgehead atoms. The number of unbranched alkanes of at least 4 members (excludes halogenated alkanes) is 1. The monoisotopic (exact) mass is 284 g/mol. The Balaban J connectivity index is 2.73. The lowest BCUT2D eigenvalue weighted by atomic mass is 9.84. The third kappa shape index (κ3) is 2.87. The van der Waals surface area contributed by atoms with Crippen LogP contribution in [0.25, 0.3) is 0 Å². The van der Waals surface area contributed by atoms with Gasteiger partial charge in [0.1, 0.15) is 0 Å². The molecule has 0 spiro atoms. The van der Waals surface area contributed by atoms with E-state index in [4.69, 9.17) is 0 Å². The third-order valence-electron chi connectivity index (χ3n) is 4.29. The zero-order chi connectivity index (χ0) is 15.5. The van der Waals surface area contributed by atoms with Crippen LogP contribution < -0.4 is 0 Å². The van der Waals surface area contributed by atoms with Crippen molar-refractivity contribution >= 4 is 23.5 Å². The number of rotatable bonds is 5. The van der Waals surface area contributed by atoms with Crippen LogP contribution in [0.15, 0.2) is 16.1 Å². The van der Waals surface area contributed by atoms with Gasteiger partial charge in [0.05, 0.1) is 11.4 Å². The lowest BCUT2D eigenvalue weighted by Gasteiger charge is -2.22. The molecule has 0 radical (unpaired) electrons. The second-order valence-electron chi connectivity index (χ2n) is 6.14. The molecule has 0 N–H and O–H groups in total. The van der Waals surface area contributed by atoms with Gasteiger partial charge < -0.3 is 0 Å². The Labute approximate surface area is 125 Å². The van der Waals surface area contributed by atoms with Gasteiger partial charge in [-0.1, -0.05) is 27.2 Å². The van der Waals surface area contributed by atoms with Crippen molar-refractivity contribution in [1.29, 1.82) is 0 Å². The molecule has 0 amide bonds. The Morgan fingerprint density at radius 2 is 1.86 bits per heavy atom. The molecule has 4 heteroatoms. The molecule has 4 nitrogen and oxygen atoms in total. The second-order valence-corrected chi connectivity index (χ2v) is 6.14. The van der Waals surface area contributed by atoms with Gasteiger partial charge in [-0.2, -0.15) is 9.98 Å². The van der Waals surface area contributed by atoms with E-state index >= 15 is 0 Å². The molecule has 1 aromatic rings. The van der Waals surface area contributed by atoms with Crippen molar-refractivity contribution in [1.82, 2.24) is 0 Å². The molecule has 0 aromatic heterocycles. The highest BCUT2D eigenvalue weighted by Crippen LogP contribution is 2.48. The molecule has 0 atom stereocenters. The fourth-order valence-electron chi connectivity index (χ4n) is 3.26. The Bertz CT molecular complexity index is 649. The molecule has 110 valence electrons. The van der Waals surface area contributed by atoms with Gasteiger partial charge in [0, 0.05) is 0 Å². The summed E-state index contributed by atoms with van der Waals surface area (Å²) in [5.41, 5.74) is 4.61. The van der Waals surface area contributed by atoms with E-state index in [2.05, 4.69) is 30.8 Å². The fraction of sp³-hybridized carbons (Fsp3) is 0.529. The maximum Gasteiger partial charge on any atom is 0.240 e. The first kappa shape index (κ1) is 15.4. The van der Waals surface area contributed by atoms with Crippen molar-refractivity contribution in [2.45, 2.75) is 58.3 Å². The first-order valence-corrected chi connectivity index (χ1v) is 7.40. The summed E-state index contributed by atoms with van der Waals surface area (Å²) >= 11 is 0. The molecule has 2 rings (SSSR count). The van der Waals surface area contributed by atoms with Crippen LogP contribution >= 0.6 is 0 Å². The Morgan fingerprint density at radius 1 is 1.19 bits per heavy atom. The van der Waals surface area contributed by atoms with E-state index in [1.54, 1.807) is 18.2 Å². The molecule has 0 aliphatic heterocycles. The molecule has 0 fully saturated rings. The number of benzene rings is 1. The molecular formula is C17H20N2O2. The van der Waals surface area contributed by atoms with E-state index in [1.807, 2.05) is 0 Å². The van der Waals surface area contributed by atoms with E-state index in [9.17, 15) is 9.59 Å². The average molecular weight is 284 g/mol. The minimum Gasteiger partial charge on any atom is -0.211 e. The van der Waals surface area contributed by atoms with Crippen molar-refractivity contribution in [3.05, 3.63) is 22.8 Å². The van der Waals surface area contributed by atoms with Gasteiger partial charge in [-0.15, -0.1) is 0 Å². The maximum absolute atomic E-state index is 10.7. The molecule has 1 aliphatic carbocycles. The van der Waals surface area contributed by atoms with Gasteiger partial charge in [0.2, 0.25) is 12.2 Å². The standard InChI is InChI=1S/C17H20N2O2/c1-4-5-6-12-13-7-8-17(2,3)16(13)15(19-11-21)9-14(12)18-10-20/h9H,4-8H2,1-3H3. The zero-order valence-electron chi connectivity index (χ0n) is 12.8. The van der Waals surface area contributed by atoms with Crippen molar-refractivity contribution in [3.63, 3.8) is 0 Å². The van der Waals surface area contributed by atoms with Crippen LogP contribution in [0.2, 0.25) is 0 Å². The predicted octanol–water partition coefficient (Wildman–Crippen LogP) is 4.19. The number of hydrogen-bond acceptors (Lipinski definition) is 4. The summed E-state index contributed by atoms with van der Waals surface area (Å²) in [6, 6.07) is 1.73. The van der Waals surface area contributed by atoms with Crippen LogP contribution in [0.5, 0.6) is 0 Å². The largest absolute Gasteiger partial charge is 0.240 e. The van der Waals surface area contributed by atoms with Gasteiger partial charge in [0.15, 0.2) is 0 Å². The lowest BCUT2D eigenvalue weighted by molar-refractivity contribution is 0.523. The van der Waals surface area contributed by atoms with Crippen LogP contribution in [-0.4, -0.2) is 12.2 Å². The molecule has 0 saturated carbocycles. The van der Waals surface area contributed by atoms with E-state index < -0.39 is 0 Å². The lowest BCUT2D eigenvalue weighted by Crippen LogP contribution is -2.12. The number of nitrogens with zero attached hydrogens (tertiary/aromatic N) is 2. The van der Waals surface area contributed by atoms with Crippen LogP contribution in [0.1, 0.15) is 56.7 Å². The van der Waals surface area contributed by atoms with Gasteiger partial charge >= 0.3 is 0 Å². The molecule has 0 heterocycles. The summed E-state index contributed by atoms with van der Waals surface area (Å²) in [7, 11) is 0. The average Bonchev–Trinajstić information content (AvgIpc) is 2.75. The minimum atomic E-state index is -0.0184. The van der Waals surface area contributed by atoms with Gasteiger partial charge in [-0.05, 0) is 53.9 Å². The van der Waals surface area contributed by atoms with Crippen LogP contribution in [0.4, 0.5) is 11.4 Å². The fourth-order valence-corrected chi connectivity index (χ4v) is 3.26. The van der Waals surface area contributed by atoms with Crippen molar-refractivity contribution in [2.24, 2.45) is 9.98 Å². The normalized spacial score (nSPS) is 15.0. The molecule has 1 aromatic carbocycles. The van der Waals surface area contributed by atoms with E-state index in [1.165, 1.54) is 5.56 Å². The van der Waals surface area contributed by atoms with Gasteiger partial charge in [-0.3, -0.25) is 0 Å². The second kappa shape index (κ2) is 6.17. The quantitative estimate of drug-likeness (QED) is 0.601. The predicted molar refractivity (Wildman–Crippen MR) is 82.0 cm³/mol. The highest BCUT2D eigenvalue weighted by atomic mass is 16.1. The van der Waals surface area contributed by atoms with E-state index in [0.717, 1.165) is 43.2 Å². The molecule has 0 unspecified atom stereocenters. The van der Waals surface area contributed by atoms with Crippen LogP contribution in [-0.2, 0) is 27.8 Å². The molecule has 21 heavy (non-hydrogen) atoms. The summed E-state index contributed by atoms with van der Waals surface area (Å²) in [5, 5.41) is 0. The zero-order valence-corrected chi connectivity index (χ0v) is 12.8. The Hall–Kier alpha value is -2.02. The molecule has 1 aliphatic rings. The van der Waals surface area contributed by atoms with E-state index in [-0.39, 0.29) is 5.41 Å². The summed E-state index contributed by atoms with van der Waals surface area (Å²) < 4.78 is 0. The van der Waals surface area contributed by atoms with Crippen molar-refractivity contribution in [3.8, 4) is 0 Å². The Morgan fingerprint density at radius 3 is 2.48 bits per heavy atom. The third-order valence-corrected chi connectivity index (χ3v) is 4.29. The van der Waals surface area contributed by atoms with E-state index in [0.29, 0.717) is 11.4 Å². The van der Waals surface area contributed by atoms with Gasteiger partial charge in [0.25, 0.3) is 0 Å². The van der Waals surface area contributed by atoms with Crippen LogP contribution in [0.3, 0.4) is 0 Å². The smallest absolute Gasteiger partial charge is 0.211 e. The van der Waals surface area contributed by atoms with Crippen molar-refractivity contribution < 1.29 is 9.59 Å². The highest BCUT2D eigenvalue weighted by Gasteiger charge is 2.35. The van der Waals surface area contributed by atoms with Crippen LogP contribution in [0, 0.1) is 0 Å². The first-order valence-electron chi connectivity index (χ1n) is 7.40. The first-order chi connectivity index (χ1) is 10.0. The number of carbonyl (C=O) groups excluding carboxylic acids is 2. The summed E-state index contributed by atoms with van der Waals surface area (Å²) in [5.74, 6) is 0. The maximum atomic E-state index is 10.7. The SMILES string of the molecule is CCCCc1c(N=C=O)cc(N=C=O)c2c1CCC2(C)C. The number of aliphatic imine (C=N–C) groups is 2. The minimum absolute atomic E-state index is 0.0184. The number of isocyanates is 2. The highest BCUT2D eigenvalue weighted by molar-refractivity contribution is 5.71. The molecular weight excluding hydrogens is 264 g/mol. The topological polar surface area (TPSA) is 58.9 Å². The Kier molecular flexibility index (Phi) is 4.52. The molecule has 0 saturated heterocycles. The summed E-state index contributed by atoms with van der Waals surface area (Å²) in [6.45, 7) is 6.46. The summed E-state index contributed by atoms with van der Waals surface area (Å²) in [6.07, 6.45) is 8.20. The van der Waals surface area contributed by atoms with Gasteiger partial charge in [-0.25, -0.2) is 9.59 Å². The summed E-state index contributed by atoms with van der Waals surface area (Å²) in [4.78, 5) is 29.1.